The number of hydrogen-bond acceptors (Lipinski definition) is 2. The first-order valence-electron chi connectivity index (χ1n) is 5.04. The molecule has 5 N–H and O–H groups in total. The van der Waals surface area contributed by atoms with E-state index in [1.54, 1.807) is 0 Å². The number of aliphatic hydroxyl groups excluding tert-OH is 1. The van der Waals surface area contributed by atoms with Gasteiger partial charge in [-0.25, -0.2) is 0 Å². The average molecular weight is 228 g/mol. The van der Waals surface area contributed by atoms with Gasteiger partial charge in [-0.1, -0.05) is 44.7 Å². The Hall–Kier alpha value is -0.900. The maximum absolute atomic E-state index is 8.76. The first-order chi connectivity index (χ1) is 6.38. The molecule has 1 aromatic carbocycles. The third-order valence-corrected chi connectivity index (χ3v) is 2.47. The number of rotatable bonds is 5. The maximum atomic E-state index is 8.76. The minimum atomic E-state index is 0. The van der Waals surface area contributed by atoms with Crippen LogP contribution >= 0.6 is 0 Å². The molecule has 0 heterocycles. The lowest BCUT2D eigenvalue weighted by molar-refractivity contribution is 0.279. The van der Waals surface area contributed by atoms with E-state index in [0.717, 1.165) is 19.3 Å². The molecule has 0 aliphatic rings. The van der Waals surface area contributed by atoms with E-state index in [1.165, 1.54) is 5.56 Å². The Morgan fingerprint density at radius 2 is 1.75 bits per heavy atom. The maximum Gasteiger partial charge on any atom is 0.0431 e. The topological polar surface area (TPSA) is 85.2 Å². The largest absolute Gasteiger partial charge is 0.396 e. The normalized spacial score (nSPS) is 10.4. The van der Waals surface area contributed by atoms with Gasteiger partial charge in [0.15, 0.2) is 0 Å². The van der Waals surface area contributed by atoms with Gasteiger partial charge in [0.25, 0.3) is 0 Å². The molecule has 1 radical (unpaired) electrons. The van der Waals surface area contributed by atoms with E-state index in [9.17, 15) is 0 Å². The summed E-state index contributed by atoms with van der Waals surface area (Å²) in [7, 11) is 0. The number of aliphatic hydroxyl groups is 1. The van der Waals surface area contributed by atoms with Crippen LogP contribution < -0.4 is 6.15 Å². The van der Waals surface area contributed by atoms with Gasteiger partial charge in [0.1, 0.15) is 0 Å². The SMILES string of the molecule is C.CCC(CCCO)c1ccccc1.N.[OH]. The summed E-state index contributed by atoms with van der Waals surface area (Å²) in [5.74, 6) is 0.619. The van der Waals surface area contributed by atoms with E-state index in [1.807, 2.05) is 6.07 Å². The van der Waals surface area contributed by atoms with E-state index in [0.29, 0.717) is 12.5 Å². The molecule has 0 aliphatic carbocycles. The van der Waals surface area contributed by atoms with E-state index in [-0.39, 0.29) is 19.1 Å². The quantitative estimate of drug-likeness (QED) is 0.719. The van der Waals surface area contributed by atoms with Crippen LogP contribution in [0.3, 0.4) is 0 Å². The molecule has 0 amide bonds. The standard InChI is InChI=1S/C12H18O.CH4.H3N.HO/c1-2-11(9-6-10-13)12-7-4-3-5-8-12;;;/h3-5,7-8,11,13H,2,6,9-10H2,1H3;1H4;1H3;1H. The lowest BCUT2D eigenvalue weighted by Crippen LogP contribution is -1.98. The Morgan fingerprint density at radius 3 is 2.19 bits per heavy atom. The Kier molecular flexibility index (Phi) is 15.6. The molecule has 1 atom stereocenters. The highest BCUT2D eigenvalue weighted by molar-refractivity contribution is 5.19. The van der Waals surface area contributed by atoms with Crippen LogP contribution in [0.15, 0.2) is 30.3 Å². The summed E-state index contributed by atoms with van der Waals surface area (Å²) >= 11 is 0. The van der Waals surface area contributed by atoms with Crippen molar-refractivity contribution >= 4 is 0 Å². The first-order valence-corrected chi connectivity index (χ1v) is 5.04. The number of hydrogen-bond donors (Lipinski definition) is 3. The molecule has 0 fully saturated rings. The molecule has 0 bridgehead atoms. The molecule has 3 heteroatoms. The fourth-order valence-electron chi connectivity index (χ4n) is 1.67. The van der Waals surface area contributed by atoms with Crippen molar-refractivity contribution < 1.29 is 10.6 Å². The van der Waals surface area contributed by atoms with Crippen molar-refractivity contribution in [1.82, 2.24) is 6.15 Å². The van der Waals surface area contributed by atoms with Gasteiger partial charge in [0.2, 0.25) is 0 Å². The Labute approximate surface area is 99.4 Å². The zero-order valence-corrected chi connectivity index (χ0v) is 9.39. The van der Waals surface area contributed by atoms with E-state index >= 15 is 0 Å². The van der Waals surface area contributed by atoms with Gasteiger partial charge in [-0.3, -0.25) is 5.48 Å². The lowest BCUT2D eigenvalue weighted by atomic mass is 9.92. The highest BCUT2D eigenvalue weighted by Gasteiger charge is 2.07. The van der Waals surface area contributed by atoms with Gasteiger partial charge in [0.05, 0.1) is 0 Å². The van der Waals surface area contributed by atoms with Crippen molar-refractivity contribution in [2.75, 3.05) is 6.61 Å². The zero-order valence-electron chi connectivity index (χ0n) is 9.39. The molecule has 0 aliphatic heterocycles. The minimum absolute atomic E-state index is 0. The van der Waals surface area contributed by atoms with Crippen molar-refractivity contribution in [2.24, 2.45) is 0 Å². The summed E-state index contributed by atoms with van der Waals surface area (Å²) in [5, 5.41) is 8.76. The van der Waals surface area contributed by atoms with Crippen LogP contribution in [0.25, 0.3) is 0 Å². The molecule has 1 aromatic rings. The van der Waals surface area contributed by atoms with Gasteiger partial charge < -0.3 is 11.3 Å². The van der Waals surface area contributed by atoms with Gasteiger partial charge in [-0.15, -0.1) is 0 Å². The van der Waals surface area contributed by atoms with Gasteiger partial charge in [0, 0.05) is 6.61 Å². The highest BCUT2D eigenvalue weighted by Crippen LogP contribution is 2.23. The van der Waals surface area contributed by atoms with Crippen LogP contribution in [0, 0.1) is 0 Å². The molecule has 3 nitrogen and oxygen atoms in total. The second kappa shape index (κ2) is 12.2. The third-order valence-electron chi connectivity index (χ3n) is 2.47. The Balaban J connectivity index is -0.000000563. The zero-order chi connectivity index (χ0) is 9.52. The van der Waals surface area contributed by atoms with Crippen molar-refractivity contribution in [3.05, 3.63) is 35.9 Å². The fourth-order valence-corrected chi connectivity index (χ4v) is 1.67. The molecule has 1 rings (SSSR count). The Morgan fingerprint density at radius 1 is 1.19 bits per heavy atom. The van der Waals surface area contributed by atoms with Crippen LogP contribution in [0.5, 0.6) is 0 Å². The van der Waals surface area contributed by atoms with Crippen molar-refractivity contribution in [1.29, 1.82) is 0 Å². The first kappa shape index (κ1) is 20.5. The summed E-state index contributed by atoms with van der Waals surface area (Å²) < 4.78 is 0. The molecule has 0 saturated carbocycles. The predicted octanol–water partition coefficient (Wildman–Crippen LogP) is 3.57. The lowest BCUT2D eigenvalue weighted by Gasteiger charge is -2.13. The van der Waals surface area contributed by atoms with Crippen LogP contribution in [0.1, 0.15) is 45.1 Å². The van der Waals surface area contributed by atoms with Crippen LogP contribution in [0.2, 0.25) is 0 Å². The average Bonchev–Trinajstić information content (AvgIpc) is 2.21. The van der Waals surface area contributed by atoms with E-state index in [4.69, 9.17) is 5.11 Å². The molecule has 16 heavy (non-hydrogen) atoms. The smallest absolute Gasteiger partial charge is 0.0431 e. The predicted molar refractivity (Wildman–Crippen MR) is 69.5 cm³/mol. The third kappa shape index (κ3) is 6.56. The van der Waals surface area contributed by atoms with Crippen LogP contribution in [-0.2, 0) is 0 Å². The minimum Gasteiger partial charge on any atom is -0.396 e. The second-order valence-corrected chi connectivity index (χ2v) is 3.38. The summed E-state index contributed by atoms with van der Waals surface area (Å²) in [4.78, 5) is 0. The van der Waals surface area contributed by atoms with Crippen molar-refractivity contribution in [3.63, 3.8) is 0 Å². The molecule has 95 valence electrons. The van der Waals surface area contributed by atoms with Gasteiger partial charge in [-0.2, -0.15) is 0 Å². The summed E-state index contributed by atoms with van der Waals surface area (Å²) in [5.41, 5.74) is 1.40. The molecular formula is C13H26NO2. The second-order valence-electron chi connectivity index (χ2n) is 3.38. The van der Waals surface area contributed by atoms with Crippen molar-refractivity contribution in [2.45, 2.75) is 39.5 Å². The fraction of sp³-hybridized carbons (Fsp3) is 0.538. The summed E-state index contributed by atoms with van der Waals surface area (Å²) in [6.07, 6.45) is 3.16. The van der Waals surface area contributed by atoms with Gasteiger partial charge in [-0.05, 0) is 30.7 Å². The monoisotopic (exact) mass is 228 g/mol. The molecular weight excluding hydrogens is 202 g/mol. The summed E-state index contributed by atoms with van der Waals surface area (Å²) in [6, 6.07) is 10.5. The van der Waals surface area contributed by atoms with Crippen LogP contribution in [0.4, 0.5) is 0 Å². The van der Waals surface area contributed by atoms with Crippen LogP contribution in [-0.4, -0.2) is 17.2 Å². The molecule has 0 aromatic heterocycles. The summed E-state index contributed by atoms with van der Waals surface area (Å²) in [6.45, 7) is 2.51. The van der Waals surface area contributed by atoms with Crippen molar-refractivity contribution in [3.8, 4) is 0 Å². The number of benzene rings is 1. The van der Waals surface area contributed by atoms with E-state index in [2.05, 4.69) is 31.2 Å². The molecule has 0 saturated heterocycles. The highest BCUT2D eigenvalue weighted by atomic mass is 16.2. The Bertz CT molecular complexity index is 227. The van der Waals surface area contributed by atoms with Gasteiger partial charge >= 0.3 is 0 Å². The molecule has 1 unspecified atom stereocenters. The van der Waals surface area contributed by atoms with E-state index < -0.39 is 0 Å². The molecule has 0 spiro atoms.